The molecule has 1 aromatic carbocycles. The first kappa shape index (κ1) is 20.4. The van der Waals surface area contributed by atoms with Crippen LogP contribution >= 0.6 is 11.3 Å². The molecule has 150 valence electrons. The lowest BCUT2D eigenvalue weighted by Crippen LogP contribution is -2.28. The minimum absolute atomic E-state index is 0.0191. The molecule has 3 rings (SSSR count). The van der Waals surface area contributed by atoms with Crippen LogP contribution in [0.3, 0.4) is 0 Å². The maximum Gasteiger partial charge on any atom is 0.259 e. The number of methoxy groups -OCH3 is 2. The van der Waals surface area contributed by atoms with E-state index >= 15 is 0 Å². The van der Waals surface area contributed by atoms with Crippen LogP contribution in [0, 0.1) is 12.8 Å². The Kier molecular flexibility index (Phi) is 6.36. The molecule has 0 aliphatic carbocycles. The molecule has 2 aromatic heterocycles. The second-order valence-corrected chi connectivity index (χ2v) is 8.17. The molecule has 28 heavy (non-hydrogen) atoms. The van der Waals surface area contributed by atoms with Gasteiger partial charge < -0.3 is 9.47 Å². The summed E-state index contributed by atoms with van der Waals surface area (Å²) in [4.78, 5) is 20.2. The highest BCUT2D eigenvalue weighted by Gasteiger charge is 2.14. The van der Waals surface area contributed by atoms with Gasteiger partial charge in [0, 0.05) is 36.8 Å². The number of thiazole rings is 1. The molecule has 0 fully saturated rings. The van der Waals surface area contributed by atoms with Crippen molar-refractivity contribution < 1.29 is 9.47 Å². The van der Waals surface area contributed by atoms with Crippen LogP contribution in [0.1, 0.15) is 30.8 Å². The Balaban J connectivity index is 1.86. The quantitative estimate of drug-likeness (QED) is 0.576. The Morgan fingerprint density at radius 2 is 1.89 bits per heavy atom. The molecular weight excluding hydrogens is 374 g/mol. The molecule has 7 heteroatoms. The van der Waals surface area contributed by atoms with Crippen molar-refractivity contribution in [3.8, 4) is 11.5 Å². The fourth-order valence-corrected chi connectivity index (χ4v) is 4.24. The van der Waals surface area contributed by atoms with Crippen molar-refractivity contribution >= 4 is 16.3 Å². The van der Waals surface area contributed by atoms with Crippen LogP contribution in [-0.2, 0) is 13.1 Å². The molecule has 0 spiro atoms. The van der Waals surface area contributed by atoms with Crippen molar-refractivity contribution in [3.05, 3.63) is 57.0 Å². The molecule has 0 saturated carbocycles. The largest absolute Gasteiger partial charge is 0.493 e. The predicted molar refractivity (Wildman–Crippen MR) is 113 cm³/mol. The first-order valence-electron chi connectivity index (χ1n) is 9.31. The second-order valence-electron chi connectivity index (χ2n) is 7.33. The molecule has 0 bridgehead atoms. The minimum atomic E-state index is -0.0191. The van der Waals surface area contributed by atoms with E-state index < -0.39 is 0 Å². The first-order valence-corrected chi connectivity index (χ1v) is 10.2. The maximum atomic E-state index is 12.5. The van der Waals surface area contributed by atoms with Gasteiger partial charge in [0.05, 0.1) is 19.9 Å². The third-order valence-electron chi connectivity index (χ3n) is 4.49. The lowest BCUT2D eigenvalue weighted by atomic mass is 10.1. The van der Waals surface area contributed by atoms with E-state index in [1.807, 2.05) is 30.5 Å². The highest BCUT2D eigenvalue weighted by molar-refractivity contribution is 7.15. The monoisotopic (exact) mass is 401 g/mol. The summed E-state index contributed by atoms with van der Waals surface area (Å²) >= 11 is 1.50. The van der Waals surface area contributed by atoms with Crippen LogP contribution < -0.4 is 15.0 Å². The number of aryl methyl sites for hydroxylation is 1. The van der Waals surface area contributed by atoms with E-state index in [9.17, 15) is 4.79 Å². The third kappa shape index (κ3) is 4.54. The highest BCUT2D eigenvalue weighted by atomic mass is 32.1. The van der Waals surface area contributed by atoms with Crippen molar-refractivity contribution in [1.82, 2.24) is 14.3 Å². The van der Waals surface area contributed by atoms with Gasteiger partial charge in [-0.2, -0.15) is 0 Å². The molecule has 0 unspecified atom stereocenters. The summed E-state index contributed by atoms with van der Waals surface area (Å²) < 4.78 is 12.4. The lowest BCUT2D eigenvalue weighted by molar-refractivity contribution is 0.224. The second kappa shape index (κ2) is 8.75. The van der Waals surface area contributed by atoms with Gasteiger partial charge in [-0.05, 0) is 30.5 Å². The smallest absolute Gasteiger partial charge is 0.259 e. The number of hydrogen-bond acceptors (Lipinski definition) is 6. The topological polar surface area (TPSA) is 56.1 Å². The molecule has 3 aromatic rings. The van der Waals surface area contributed by atoms with Crippen LogP contribution in [-0.4, -0.2) is 35.0 Å². The summed E-state index contributed by atoms with van der Waals surface area (Å²) in [6.07, 6.45) is 0. The van der Waals surface area contributed by atoms with Crippen LogP contribution in [0.2, 0.25) is 0 Å². The molecule has 0 amide bonds. The third-order valence-corrected chi connectivity index (χ3v) is 5.44. The zero-order chi connectivity index (χ0) is 20.3. The van der Waals surface area contributed by atoms with Gasteiger partial charge in [-0.3, -0.25) is 14.1 Å². The van der Waals surface area contributed by atoms with Gasteiger partial charge in [0.15, 0.2) is 16.5 Å². The van der Waals surface area contributed by atoms with Gasteiger partial charge in [0.25, 0.3) is 5.56 Å². The Morgan fingerprint density at radius 1 is 1.14 bits per heavy atom. The number of nitrogens with zero attached hydrogens (tertiary/aromatic N) is 3. The van der Waals surface area contributed by atoms with Crippen molar-refractivity contribution in [2.45, 2.75) is 33.9 Å². The van der Waals surface area contributed by atoms with E-state index in [4.69, 9.17) is 14.5 Å². The van der Waals surface area contributed by atoms with Crippen LogP contribution in [0.5, 0.6) is 11.5 Å². The average molecular weight is 402 g/mol. The molecular formula is C21H27N3O3S. The summed E-state index contributed by atoms with van der Waals surface area (Å²) in [6, 6.07) is 7.62. The Labute approximate surface area is 169 Å². The van der Waals surface area contributed by atoms with Crippen molar-refractivity contribution in [3.63, 3.8) is 0 Å². The number of aromatic nitrogens is 2. The Morgan fingerprint density at radius 3 is 2.57 bits per heavy atom. The molecule has 0 saturated heterocycles. The molecule has 0 atom stereocenters. The predicted octanol–water partition coefficient (Wildman–Crippen LogP) is 3.74. The van der Waals surface area contributed by atoms with E-state index in [0.29, 0.717) is 12.5 Å². The fourth-order valence-electron chi connectivity index (χ4n) is 3.35. The lowest BCUT2D eigenvalue weighted by Gasteiger charge is -2.24. The highest BCUT2D eigenvalue weighted by Crippen LogP contribution is 2.28. The van der Waals surface area contributed by atoms with E-state index in [2.05, 4.69) is 18.7 Å². The van der Waals surface area contributed by atoms with Crippen LogP contribution in [0.15, 0.2) is 34.4 Å². The Bertz CT molecular complexity index is 1010. The zero-order valence-electron chi connectivity index (χ0n) is 17.1. The number of fused-ring (bicyclic) bond motifs is 1. The average Bonchev–Trinajstić information content (AvgIpc) is 3.02. The number of hydrogen-bond donors (Lipinski definition) is 0. The molecule has 0 N–H and O–H groups in total. The molecule has 0 aliphatic rings. The van der Waals surface area contributed by atoms with Gasteiger partial charge in [-0.15, -0.1) is 11.3 Å². The minimum Gasteiger partial charge on any atom is -0.493 e. The zero-order valence-corrected chi connectivity index (χ0v) is 17.9. The van der Waals surface area contributed by atoms with Gasteiger partial charge in [-0.1, -0.05) is 19.9 Å². The fraction of sp³-hybridized carbons (Fsp3) is 0.429. The standard InChI is InChI=1S/C21H27N3O3S/c1-14(2)10-23(11-16-6-7-18(26-4)19(8-16)27-5)12-17-9-20(25)24-15(3)13-28-21(24)22-17/h6-9,13-14H,10-12H2,1-5H3. The van der Waals surface area contributed by atoms with Crippen LogP contribution in [0.25, 0.3) is 4.96 Å². The summed E-state index contributed by atoms with van der Waals surface area (Å²) in [5.74, 6) is 1.93. The normalized spacial score (nSPS) is 11.5. The summed E-state index contributed by atoms with van der Waals surface area (Å²) in [7, 11) is 3.28. The first-order chi connectivity index (χ1) is 13.4. The SMILES string of the molecule is COc1ccc(CN(Cc2cc(=O)n3c(C)csc3n2)CC(C)C)cc1OC. The molecule has 6 nitrogen and oxygen atoms in total. The van der Waals surface area contributed by atoms with E-state index in [0.717, 1.165) is 46.5 Å². The number of benzene rings is 1. The van der Waals surface area contributed by atoms with Gasteiger partial charge >= 0.3 is 0 Å². The number of ether oxygens (including phenoxy) is 2. The summed E-state index contributed by atoms with van der Waals surface area (Å²) in [5.41, 5.74) is 2.83. The van der Waals surface area contributed by atoms with Crippen molar-refractivity contribution in [2.24, 2.45) is 5.92 Å². The molecule has 2 heterocycles. The Hall–Kier alpha value is -2.38. The van der Waals surface area contributed by atoms with E-state index in [-0.39, 0.29) is 5.56 Å². The van der Waals surface area contributed by atoms with Gasteiger partial charge in [0.1, 0.15) is 0 Å². The van der Waals surface area contributed by atoms with Gasteiger partial charge in [-0.25, -0.2) is 4.98 Å². The molecule has 0 aliphatic heterocycles. The number of rotatable bonds is 8. The van der Waals surface area contributed by atoms with E-state index in [1.54, 1.807) is 24.7 Å². The van der Waals surface area contributed by atoms with Crippen molar-refractivity contribution in [1.29, 1.82) is 0 Å². The van der Waals surface area contributed by atoms with Gasteiger partial charge in [0.2, 0.25) is 0 Å². The van der Waals surface area contributed by atoms with E-state index in [1.165, 1.54) is 11.3 Å². The summed E-state index contributed by atoms with van der Waals surface area (Å²) in [6.45, 7) is 8.57. The molecule has 0 radical (unpaired) electrons. The summed E-state index contributed by atoms with van der Waals surface area (Å²) in [5, 5.41) is 1.96. The van der Waals surface area contributed by atoms with Crippen LogP contribution in [0.4, 0.5) is 0 Å². The van der Waals surface area contributed by atoms with Crippen molar-refractivity contribution in [2.75, 3.05) is 20.8 Å². The maximum absolute atomic E-state index is 12.5.